The summed E-state index contributed by atoms with van der Waals surface area (Å²) in [5, 5.41) is 23.2. The lowest BCUT2D eigenvalue weighted by Gasteiger charge is -2.15. The highest BCUT2D eigenvalue weighted by atomic mass is 16.4. The molecule has 0 aliphatic heterocycles. The second kappa shape index (κ2) is 10.1. The number of aliphatic carboxylic acids is 1. The molecule has 198 valence electrons. The van der Waals surface area contributed by atoms with E-state index in [0.717, 1.165) is 22.3 Å². The summed E-state index contributed by atoms with van der Waals surface area (Å²) in [6.45, 7) is 5.48. The summed E-state index contributed by atoms with van der Waals surface area (Å²) in [5.74, 6) is -1.02. The number of carboxylic acids is 1. The van der Waals surface area contributed by atoms with Gasteiger partial charge in [0.15, 0.2) is 0 Å². The number of hydrogen-bond donors (Lipinski definition) is 3. The normalized spacial score (nSPS) is 12.1. The number of amides is 1. The van der Waals surface area contributed by atoms with Crippen molar-refractivity contribution in [1.82, 2.24) is 5.32 Å². The predicted molar refractivity (Wildman–Crippen MR) is 147 cm³/mol. The quantitative estimate of drug-likeness (QED) is 0.249. The smallest absolute Gasteiger partial charge is 0.340 e. The van der Waals surface area contributed by atoms with Crippen molar-refractivity contribution in [2.75, 3.05) is 0 Å². The molecule has 0 bridgehead atoms. The minimum Gasteiger partial charge on any atom is -0.508 e. The fourth-order valence-corrected chi connectivity index (χ4v) is 5.02. The molecule has 3 aromatic carbocycles. The fourth-order valence-electron chi connectivity index (χ4n) is 5.02. The number of phenolic OH excluding ortho intramolecular Hbond substituents is 1. The third-order valence-corrected chi connectivity index (χ3v) is 7.04. The number of aromatic hydroxyl groups is 1. The number of furan rings is 1. The van der Waals surface area contributed by atoms with Crippen LogP contribution in [0.15, 0.2) is 74.3 Å². The molecular formula is C31H27NO7. The van der Waals surface area contributed by atoms with Gasteiger partial charge in [0.25, 0.3) is 0 Å². The van der Waals surface area contributed by atoms with Crippen molar-refractivity contribution < 1.29 is 28.6 Å². The van der Waals surface area contributed by atoms with Crippen LogP contribution in [-0.4, -0.2) is 28.1 Å². The minimum absolute atomic E-state index is 0.0198. The lowest BCUT2D eigenvalue weighted by atomic mass is 9.96. The summed E-state index contributed by atoms with van der Waals surface area (Å²) < 4.78 is 11.8. The molecule has 2 aromatic heterocycles. The van der Waals surface area contributed by atoms with E-state index in [0.29, 0.717) is 33.2 Å². The first-order valence-electron chi connectivity index (χ1n) is 12.5. The summed E-state index contributed by atoms with van der Waals surface area (Å²) in [4.78, 5) is 37.7. The molecule has 0 aliphatic rings. The van der Waals surface area contributed by atoms with E-state index in [2.05, 4.69) is 5.32 Å². The Balaban J connectivity index is 1.51. The number of nitrogens with one attached hydrogen (secondary N) is 1. The van der Waals surface area contributed by atoms with Crippen LogP contribution >= 0.6 is 0 Å². The first kappa shape index (κ1) is 25.8. The van der Waals surface area contributed by atoms with Gasteiger partial charge < -0.3 is 24.4 Å². The Labute approximate surface area is 223 Å². The molecule has 8 nitrogen and oxygen atoms in total. The van der Waals surface area contributed by atoms with E-state index in [1.165, 1.54) is 12.1 Å². The van der Waals surface area contributed by atoms with E-state index >= 15 is 0 Å². The van der Waals surface area contributed by atoms with Crippen LogP contribution in [-0.2, 0) is 22.4 Å². The Kier molecular flexibility index (Phi) is 6.70. The molecule has 0 aliphatic carbocycles. The maximum atomic E-state index is 13.0. The Morgan fingerprint density at radius 1 is 0.897 bits per heavy atom. The van der Waals surface area contributed by atoms with Crippen LogP contribution in [0.3, 0.4) is 0 Å². The molecule has 5 rings (SSSR count). The van der Waals surface area contributed by atoms with Gasteiger partial charge in [-0.1, -0.05) is 42.5 Å². The highest BCUT2D eigenvalue weighted by molar-refractivity contribution is 6.06. The minimum atomic E-state index is -1.21. The molecule has 1 amide bonds. The molecule has 2 heterocycles. The Morgan fingerprint density at radius 3 is 2.23 bits per heavy atom. The van der Waals surface area contributed by atoms with Gasteiger partial charge in [-0.15, -0.1) is 0 Å². The Bertz CT molecular complexity index is 1780. The fraction of sp³-hybridized carbons (Fsp3) is 0.194. The first-order chi connectivity index (χ1) is 18.6. The van der Waals surface area contributed by atoms with Crippen LogP contribution in [0.4, 0.5) is 0 Å². The van der Waals surface area contributed by atoms with E-state index in [1.54, 1.807) is 19.1 Å². The van der Waals surface area contributed by atoms with E-state index < -0.39 is 23.5 Å². The molecule has 0 unspecified atom stereocenters. The molecule has 0 saturated heterocycles. The monoisotopic (exact) mass is 525 g/mol. The number of aryl methyl sites for hydroxylation is 3. The Hall–Kier alpha value is -4.85. The second-order valence-corrected chi connectivity index (χ2v) is 9.65. The average molecular weight is 526 g/mol. The van der Waals surface area contributed by atoms with Crippen molar-refractivity contribution in [3.63, 3.8) is 0 Å². The predicted octanol–water partition coefficient (Wildman–Crippen LogP) is 5.19. The van der Waals surface area contributed by atoms with Gasteiger partial charge in [-0.05, 0) is 55.7 Å². The van der Waals surface area contributed by atoms with E-state index in [-0.39, 0.29) is 24.2 Å². The maximum absolute atomic E-state index is 13.0. The van der Waals surface area contributed by atoms with Crippen molar-refractivity contribution in [3.05, 3.63) is 99.1 Å². The summed E-state index contributed by atoms with van der Waals surface area (Å²) in [6.07, 6.45) is -0.317. The highest BCUT2D eigenvalue weighted by Gasteiger charge is 2.24. The van der Waals surface area contributed by atoms with Gasteiger partial charge in [-0.2, -0.15) is 0 Å². The van der Waals surface area contributed by atoms with Crippen molar-refractivity contribution in [3.8, 4) is 16.9 Å². The van der Waals surface area contributed by atoms with Crippen molar-refractivity contribution in [2.45, 2.75) is 39.7 Å². The zero-order chi connectivity index (χ0) is 27.8. The molecule has 0 saturated carbocycles. The summed E-state index contributed by atoms with van der Waals surface area (Å²) in [6, 6.07) is 16.6. The van der Waals surface area contributed by atoms with Crippen LogP contribution in [0.25, 0.3) is 33.1 Å². The number of rotatable bonds is 7. The van der Waals surface area contributed by atoms with Gasteiger partial charge in [0.1, 0.15) is 28.7 Å². The van der Waals surface area contributed by atoms with E-state index in [1.807, 2.05) is 50.2 Å². The molecule has 8 heteroatoms. The zero-order valence-corrected chi connectivity index (χ0v) is 21.7. The highest BCUT2D eigenvalue weighted by Crippen LogP contribution is 2.39. The molecule has 0 radical (unpaired) electrons. The lowest BCUT2D eigenvalue weighted by molar-refractivity contribution is -0.141. The summed E-state index contributed by atoms with van der Waals surface area (Å²) in [5.41, 5.74) is 4.36. The maximum Gasteiger partial charge on any atom is 0.340 e. The van der Waals surface area contributed by atoms with Crippen LogP contribution in [0.1, 0.15) is 28.0 Å². The third kappa shape index (κ3) is 4.88. The molecule has 39 heavy (non-hydrogen) atoms. The number of carboxylic acid groups (broad SMARTS) is 1. The molecule has 3 N–H and O–H groups in total. The van der Waals surface area contributed by atoms with E-state index in [4.69, 9.17) is 8.83 Å². The number of benzene rings is 3. The first-order valence-corrected chi connectivity index (χ1v) is 12.5. The second-order valence-electron chi connectivity index (χ2n) is 9.65. The van der Waals surface area contributed by atoms with Crippen molar-refractivity contribution in [2.24, 2.45) is 0 Å². The molecule has 0 spiro atoms. The largest absolute Gasteiger partial charge is 0.508 e. The zero-order valence-electron chi connectivity index (χ0n) is 21.7. The third-order valence-electron chi connectivity index (χ3n) is 7.04. The Morgan fingerprint density at radius 2 is 1.56 bits per heavy atom. The van der Waals surface area contributed by atoms with Crippen LogP contribution < -0.4 is 10.9 Å². The topological polar surface area (TPSA) is 130 Å². The molecule has 1 atom stereocenters. The number of hydrogen-bond acceptors (Lipinski definition) is 6. The number of carbonyl (C=O) groups excluding carboxylic acids is 1. The number of carbonyl (C=O) groups is 2. The molecule has 0 fully saturated rings. The van der Waals surface area contributed by atoms with Crippen LogP contribution in [0, 0.1) is 20.8 Å². The van der Waals surface area contributed by atoms with Gasteiger partial charge in [-0.3, -0.25) is 4.79 Å². The van der Waals surface area contributed by atoms with Crippen LogP contribution in [0.2, 0.25) is 0 Å². The van der Waals surface area contributed by atoms with Gasteiger partial charge in [0.05, 0.1) is 12.0 Å². The SMILES string of the molecule is Cc1oc2c(C)c3oc(=O)c(CC(=O)N[C@H](Cc4ccc(O)cc4)C(=O)O)c(C)c3cc2c1-c1ccccc1. The lowest BCUT2D eigenvalue weighted by Crippen LogP contribution is -2.43. The van der Waals surface area contributed by atoms with E-state index in [9.17, 15) is 24.6 Å². The number of fused-ring (bicyclic) bond motifs is 2. The standard InChI is InChI=1S/C31H27NO7/c1-16-22-14-24-27(20-7-5-4-6-8-20)18(3)38-29(24)17(2)28(22)39-31(37)23(16)15-26(34)32-25(30(35)36)13-19-9-11-21(33)12-10-19/h4-12,14,25,33H,13,15H2,1-3H3,(H,32,34)(H,35,36)/t25-/m1/s1. The average Bonchev–Trinajstić information content (AvgIpc) is 3.24. The van der Waals surface area contributed by atoms with Gasteiger partial charge in [0, 0.05) is 28.3 Å². The molecule has 5 aromatic rings. The summed E-state index contributed by atoms with van der Waals surface area (Å²) >= 11 is 0. The molecular weight excluding hydrogens is 498 g/mol. The van der Waals surface area contributed by atoms with Gasteiger partial charge >= 0.3 is 11.6 Å². The van der Waals surface area contributed by atoms with Crippen LogP contribution in [0.5, 0.6) is 5.75 Å². The van der Waals surface area contributed by atoms with Crippen molar-refractivity contribution >= 4 is 33.8 Å². The summed E-state index contributed by atoms with van der Waals surface area (Å²) in [7, 11) is 0. The van der Waals surface area contributed by atoms with Crippen molar-refractivity contribution in [1.29, 1.82) is 0 Å². The van der Waals surface area contributed by atoms with Gasteiger partial charge in [-0.25, -0.2) is 9.59 Å². The van der Waals surface area contributed by atoms with Gasteiger partial charge in [0.2, 0.25) is 5.91 Å². The number of phenols is 1.